The number of carbonyl (C=O) groups excluding carboxylic acids is 1. The first kappa shape index (κ1) is 19.7. The second-order valence-corrected chi connectivity index (χ2v) is 5.39. The van der Waals surface area contributed by atoms with E-state index in [1.54, 1.807) is 32.9 Å². The van der Waals surface area contributed by atoms with Crippen molar-refractivity contribution in [3.63, 3.8) is 0 Å². The second kappa shape index (κ2) is 8.85. The van der Waals surface area contributed by atoms with Crippen LogP contribution in [0, 0.1) is 11.8 Å². The Hall–Kier alpha value is -1.32. The molecule has 0 saturated heterocycles. The summed E-state index contributed by atoms with van der Waals surface area (Å²) in [7, 11) is 0. The van der Waals surface area contributed by atoms with Crippen LogP contribution in [0.3, 0.4) is 0 Å². The van der Waals surface area contributed by atoms with E-state index in [-0.39, 0.29) is 24.0 Å². The maximum Gasteiger partial charge on any atom is 0.412 e. The fourth-order valence-electron chi connectivity index (χ4n) is 2.05. The van der Waals surface area contributed by atoms with E-state index in [2.05, 4.69) is 0 Å². The van der Waals surface area contributed by atoms with E-state index in [9.17, 15) is 18.0 Å². The van der Waals surface area contributed by atoms with Crippen LogP contribution in [0.15, 0.2) is 35.5 Å². The highest BCUT2D eigenvalue weighted by atomic mass is 19.4. The van der Waals surface area contributed by atoms with Crippen molar-refractivity contribution in [2.45, 2.75) is 53.6 Å². The SMILES string of the molecule is C/C=C/C(C=C(CC(C)/C(C)=C\C(C)=O)C(F)(F)F)CC. The molecule has 0 aliphatic rings. The zero-order valence-corrected chi connectivity index (χ0v) is 13.4. The second-order valence-electron chi connectivity index (χ2n) is 5.39. The lowest BCUT2D eigenvalue weighted by Crippen LogP contribution is -2.16. The molecule has 0 saturated carbocycles. The minimum atomic E-state index is -4.33. The van der Waals surface area contributed by atoms with E-state index in [0.29, 0.717) is 12.0 Å². The maximum absolute atomic E-state index is 13.2. The van der Waals surface area contributed by atoms with Crippen LogP contribution in [0.5, 0.6) is 0 Å². The number of hydrogen-bond donors (Lipinski definition) is 0. The lowest BCUT2D eigenvalue weighted by molar-refractivity contribution is -0.112. The lowest BCUT2D eigenvalue weighted by atomic mass is 9.91. The van der Waals surface area contributed by atoms with Crippen LogP contribution in [0.4, 0.5) is 13.2 Å². The van der Waals surface area contributed by atoms with Gasteiger partial charge in [0.05, 0.1) is 0 Å². The topological polar surface area (TPSA) is 17.1 Å². The van der Waals surface area contributed by atoms with Crippen molar-refractivity contribution in [2.75, 3.05) is 0 Å². The number of rotatable bonds is 7. The summed E-state index contributed by atoms with van der Waals surface area (Å²) in [5.74, 6) is -0.668. The van der Waals surface area contributed by atoms with Gasteiger partial charge in [0.15, 0.2) is 5.78 Å². The molecule has 21 heavy (non-hydrogen) atoms. The molecule has 120 valence electrons. The number of carbonyl (C=O) groups is 1. The molecule has 0 aliphatic heterocycles. The number of allylic oxidation sites excluding steroid dienone is 6. The zero-order chi connectivity index (χ0) is 16.6. The number of hydrogen-bond acceptors (Lipinski definition) is 1. The van der Waals surface area contributed by atoms with E-state index in [0.717, 1.165) is 0 Å². The van der Waals surface area contributed by atoms with Crippen LogP contribution in [-0.4, -0.2) is 12.0 Å². The van der Waals surface area contributed by atoms with E-state index >= 15 is 0 Å². The molecule has 0 bridgehead atoms. The Bertz CT molecular complexity index is 428. The molecule has 0 spiro atoms. The molecule has 2 atom stereocenters. The smallest absolute Gasteiger partial charge is 0.295 e. The van der Waals surface area contributed by atoms with Crippen molar-refractivity contribution in [1.82, 2.24) is 0 Å². The highest BCUT2D eigenvalue weighted by Crippen LogP contribution is 2.34. The first-order valence-electron chi connectivity index (χ1n) is 7.21. The van der Waals surface area contributed by atoms with Crippen LogP contribution in [0.2, 0.25) is 0 Å². The first-order chi connectivity index (χ1) is 9.61. The van der Waals surface area contributed by atoms with Gasteiger partial charge < -0.3 is 0 Å². The Morgan fingerprint density at radius 2 is 1.81 bits per heavy atom. The lowest BCUT2D eigenvalue weighted by Gasteiger charge is -2.19. The van der Waals surface area contributed by atoms with Gasteiger partial charge in [-0.15, -0.1) is 0 Å². The van der Waals surface area contributed by atoms with Gasteiger partial charge in [0.25, 0.3) is 0 Å². The third-order valence-electron chi connectivity index (χ3n) is 3.42. The van der Waals surface area contributed by atoms with Crippen molar-refractivity contribution < 1.29 is 18.0 Å². The zero-order valence-electron chi connectivity index (χ0n) is 13.4. The van der Waals surface area contributed by atoms with Crippen LogP contribution < -0.4 is 0 Å². The number of alkyl halides is 3. The van der Waals surface area contributed by atoms with Crippen molar-refractivity contribution in [1.29, 1.82) is 0 Å². The molecule has 0 aromatic heterocycles. The Morgan fingerprint density at radius 3 is 2.19 bits per heavy atom. The molecule has 2 unspecified atom stereocenters. The monoisotopic (exact) mass is 302 g/mol. The van der Waals surface area contributed by atoms with Gasteiger partial charge in [-0.25, -0.2) is 0 Å². The molecular formula is C17H25F3O. The third kappa shape index (κ3) is 7.88. The van der Waals surface area contributed by atoms with Gasteiger partial charge in [-0.3, -0.25) is 4.79 Å². The summed E-state index contributed by atoms with van der Waals surface area (Å²) in [6, 6.07) is 0. The van der Waals surface area contributed by atoms with Gasteiger partial charge in [-0.05, 0) is 51.5 Å². The Labute approximate surface area is 125 Å². The van der Waals surface area contributed by atoms with Crippen molar-refractivity contribution in [2.24, 2.45) is 11.8 Å². The molecule has 0 radical (unpaired) electrons. The summed E-state index contributed by atoms with van der Waals surface area (Å²) < 4.78 is 39.5. The van der Waals surface area contributed by atoms with Crippen LogP contribution >= 0.6 is 0 Å². The Balaban J connectivity index is 5.29. The summed E-state index contributed by atoms with van der Waals surface area (Å²) in [4.78, 5) is 11.0. The largest absolute Gasteiger partial charge is 0.412 e. The van der Waals surface area contributed by atoms with Crippen LogP contribution in [0.25, 0.3) is 0 Å². The van der Waals surface area contributed by atoms with E-state index in [1.807, 2.05) is 6.92 Å². The first-order valence-corrected chi connectivity index (χ1v) is 7.21. The predicted octanol–water partition coefficient (Wildman–Crippen LogP) is 5.64. The molecule has 0 aliphatic carbocycles. The quantitative estimate of drug-likeness (QED) is 0.439. The summed E-state index contributed by atoms with van der Waals surface area (Å²) in [5.41, 5.74) is 0.160. The fraction of sp³-hybridized carbons (Fsp3) is 0.588. The molecule has 1 nitrogen and oxygen atoms in total. The minimum Gasteiger partial charge on any atom is -0.295 e. The van der Waals surface area contributed by atoms with Crippen molar-refractivity contribution >= 4 is 5.78 Å². The minimum absolute atomic E-state index is 0.104. The van der Waals surface area contributed by atoms with Crippen molar-refractivity contribution in [3.05, 3.63) is 35.5 Å². The van der Waals surface area contributed by atoms with Crippen LogP contribution in [0.1, 0.15) is 47.5 Å². The highest BCUT2D eigenvalue weighted by molar-refractivity contribution is 5.87. The molecular weight excluding hydrogens is 277 g/mol. The van der Waals surface area contributed by atoms with Gasteiger partial charge in [0.1, 0.15) is 0 Å². The van der Waals surface area contributed by atoms with Gasteiger partial charge in [0, 0.05) is 5.57 Å². The van der Waals surface area contributed by atoms with Gasteiger partial charge in [-0.1, -0.05) is 37.6 Å². The Kier molecular flexibility index (Phi) is 8.30. The average molecular weight is 302 g/mol. The van der Waals surface area contributed by atoms with Crippen molar-refractivity contribution in [3.8, 4) is 0 Å². The molecule has 0 aromatic rings. The molecule has 0 heterocycles. The van der Waals surface area contributed by atoms with Gasteiger partial charge in [0.2, 0.25) is 0 Å². The standard InChI is InChI=1S/C17H25F3O/c1-6-8-15(7-2)11-16(17(18,19)20)10-13(4)12(3)9-14(5)21/h6,8-9,11,13,15H,7,10H2,1-5H3/b8-6+,12-9-,16-11?. The molecule has 4 heteroatoms. The van der Waals surface area contributed by atoms with Gasteiger partial charge in [-0.2, -0.15) is 13.2 Å². The van der Waals surface area contributed by atoms with Crippen LogP contribution in [-0.2, 0) is 4.79 Å². The van der Waals surface area contributed by atoms with E-state index < -0.39 is 11.7 Å². The van der Waals surface area contributed by atoms with E-state index in [1.165, 1.54) is 19.1 Å². The fourth-order valence-corrected chi connectivity index (χ4v) is 2.05. The summed E-state index contributed by atoms with van der Waals surface area (Å²) in [5, 5.41) is 0. The number of ketones is 1. The Morgan fingerprint density at radius 1 is 1.24 bits per heavy atom. The van der Waals surface area contributed by atoms with E-state index in [4.69, 9.17) is 0 Å². The summed E-state index contributed by atoms with van der Waals surface area (Å²) in [6.45, 7) is 8.47. The normalized spacial score (nSPS) is 17.1. The third-order valence-corrected chi connectivity index (χ3v) is 3.42. The molecule has 0 amide bonds. The molecule has 0 rings (SSSR count). The summed E-state index contributed by atoms with van der Waals surface area (Å²) >= 11 is 0. The average Bonchev–Trinajstić information content (AvgIpc) is 2.34. The van der Waals surface area contributed by atoms with Gasteiger partial charge >= 0.3 is 6.18 Å². The predicted molar refractivity (Wildman–Crippen MR) is 81.0 cm³/mol. The molecule has 0 N–H and O–H groups in total. The molecule has 0 fully saturated rings. The number of halogens is 3. The highest BCUT2D eigenvalue weighted by Gasteiger charge is 2.34. The maximum atomic E-state index is 13.2. The summed E-state index contributed by atoms with van der Waals surface area (Å²) in [6.07, 6.45) is 2.44. The molecule has 0 aromatic carbocycles.